The number of rotatable bonds is 5. The van der Waals surface area contributed by atoms with E-state index in [9.17, 15) is 4.79 Å². The summed E-state index contributed by atoms with van der Waals surface area (Å²) in [5.74, 6) is 2.38. The van der Waals surface area contributed by atoms with Gasteiger partial charge >= 0.3 is 0 Å². The van der Waals surface area contributed by atoms with Gasteiger partial charge in [-0.3, -0.25) is 4.79 Å². The Kier molecular flexibility index (Phi) is 12.8. The van der Waals surface area contributed by atoms with Gasteiger partial charge in [-0.1, -0.05) is 0 Å². The molecule has 1 heterocycles. The number of hydrogen-bond acceptors (Lipinski definition) is 4. The summed E-state index contributed by atoms with van der Waals surface area (Å²) in [6.45, 7) is 3.86. The Hall–Kier alpha value is 0.320. The topological polar surface area (TPSA) is 44.4 Å². The van der Waals surface area contributed by atoms with Crippen molar-refractivity contribution in [3.05, 3.63) is 0 Å². The molecule has 18 heavy (non-hydrogen) atoms. The largest absolute Gasteiger partial charge is 0.354 e. The van der Waals surface area contributed by atoms with Gasteiger partial charge in [0, 0.05) is 43.1 Å². The second-order valence-corrected chi connectivity index (χ2v) is 5.70. The van der Waals surface area contributed by atoms with Gasteiger partial charge in [0.15, 0.2) is 0 Å². The Morgan fingerprint density at radius 2 is 2.17 bits per heavy atom. The molecule has 2 unspecified atom stereocenters. The van der Waals surface area contributed by atoms with E-state index in [1.807, 2.05) is 25.9 Å². The van der Waals surface area contributed by atoms with Gasteiger partial charge in [-0.2, -0.15) is 11.8 Å². The number of hydrogen-bond donors (Lipinski definition) is 2. The summed E-state index contributed by atoms with van der Waals surface area (Å²) in [6, 6.07) is 0.742. The lowest BCUT2D eigenvalue weighted by atomic mass is 10.2. The van der Waals surface area contributed by atoms with Crippen LogP contribution in [0.1, 0.15) is 13.3 Å². The van der Waals surface area contributed by atoms with E-state index >= 15 is 0 Å². The lowest BCUT2D eigenvalue weighted by molar-refractivity contribution is -0.121. The molecule has 1 aliphatic heterocycles. The molecule has 110 valence electrons. The quantitative estimate of drug-likeness (QED) is 0.794. The summed E-state index contributed by atoms with van der Waals surface area (Å²) >= 11 is 1.92. The van der Waals surface area contributed by atoms with Crippen LogP contribution in [-0.2, 0) is 4.79 Å². The number of halogens is 2. The maximum atomic E-state index is 11.7. The fourth-order valence-electron chi connectivity index (χ4n) is 1.49. The predicted molar refractivity (Wildman–Crippen MR) is 84.4 cm³/mol. The molecular formula is C11H25Cl2N3OS. The summed E-state index contributed by atoms with van der Waals surface area (Å²) in [5.41, 5.74) is 0. The van der Waals surface area contributed by atoms with E-state index in [-0.39, 0.29) is 30.7 Å². The molecule has 7 heteroatoms. The maximum absolute atomic E-state index is 11.7. The van der Waals surface area contributed by atoms with Gasteiger partial charge in [0.05, 0.1) is 0 Å². The fourth-order valence-corrected chi connectivity index (χ4v) is 2.44. The molecule has 2 atom stereocenters. The number of nitrogens with zero attached hydrogens (tertiary/aromatic N) is 1. The molecule has 1 fully saturated rings. The molecule has 0 bridgehead atoms. The molecule has 1 amide bonds. The van der Waals surface area contributed by atoms with Crippen LogP contribution in [0, 0.1) is 0 Å². The summed E-state index contributed by atoms with van der Waals surface area (Å²) in [5, 5.41) is 6.35. The number of amides is 1. The molecule has 0 aliphatic carbocycles. The molecule has 0 radical (unpaired) electrons. The van der Waals surface area contributed by atoms with Crippen LogP contribution in [0.5, 0.6) is 0 Å². The van der Waals surface area contributed by atoms with Crippen molar-refractivity contribution in [3.63, 3.8) is 0 Å². The van der Waals surface area contributed by atoms with E-state index in [1.165, 1.54) is 0 Å². The standard InChI is InChI=1S/C11H23N3OS.2ClH/c1-9(14(2)3)7-13-11(15)6-10-8-16-5-4-12-10;;/h9-10,12H,4-8H2,1-3H3,(H,13,15);2*1H. The number of nitrogens with one attached hydrogen (secondary N) is 2. The number of thioether (sulfide) groups is 1. The van der Waals surface area contributed by atoms with Crippen molar-refractivity contribution in [2.75, 3.05) is 38.7 Å². The summed E-state index contributed by atoms with van der Waals surface area (Å²) in [4.78, 5) is 13.8. The zero-order valence-corrected chi connectivity index (χ0v) is 13.7. The van der Waals surface area contributed by atoms with E-state index in [1.54, 1.807) is 0 Å². The highest BCUT2D eigenvalue weighted by Crippen LogP contribution is 2.09. The normalized spacial score (nSPS) is 20.6. The lowest BCUT2D eigenvalue weighted by Crippen LogP contribution is -2.43. The summed E-state index contributed by atoms with van der Waals surface area (Å²) < 4.78 is 0. The Bertz CT molecular complexity index is 226. The first-order valence-corrected chi connectivity index (χ1v) is 6.99. The molecular weight excluding hydrogens is 293 g/mol. The van der Waals surface area contributed by atoms with Crippen LogP contribution in [0.25, 0.3) is 0 Å². The van der Waals surface area contributed by atoms with Gasteiger partial charge in [0.1, 0.15) is 0 Å². The van der Waals surface area contributed by atoms with E-state index in [0.29, 0.717) is 18.5 Å². The average molecular weight is 318 g/mol. The summed E-state index contributed by atoms with van der Waals surface area (Å²) in [7, 11) is 4.05. The first-order valence-electron chi connectivity index (χ1n) is 5.84. The number of carbonyl (C=O) groups excluding carboxylic acids is 1. The third-order valence-corrected chi connectivity index (χ3v) is 4.04. The first-order chi connectivity index (χ1) is 7.59. The number of carbonyl (C=O) groups is 1. The zero-order valence-electron chi connectivity index (χ0n) is 11.3. The van der Waals surface area contributed by atoms with E-state index in [0.717, 1.165) is 24.6 Å². The highest BCUT2D eigenvalue weighted by Gasteiger charge is 2.16. The molecule has 1 saturated heterocycles. The van der Waals surface area contributed by atoms with Crippen LogP contribution < -0.4 is 10.6 Å². The van der Waals surface area contributed by atoms with Gasteiger partial charge in [-0.25, -0.2) is 0 Å². The minimum absolute atomic E-state index is 0. The molecule has 0 aromatic heterocycles. The maximum Gasteiger partial charge on any atom is 0.221 e. The Morgan fingerprint density at radius 3 is 2.67 bits per heavy atom. The Morgan fingerprint density at radius 1 is 1.50 bits per heavy atom. The van der Waals surface area contributed by atoms with Crippen LogP contribution in [0.2, 0.25) is 0 Å². The van der Waals surface area contributed by atoms with Crippen molar-refractivity contribution in [2.45, 2.75) is 25.4 Å². The van der Waals surface area contributed by atoms with Crippen molar-refractivity contribution in [3.8, 4) is 0 Å². The second kappa shape index (κ2) is 11.2. The van der Waals surface area contributed by atoms with Crippen molar-refractivity contribution in [2.24, 2.45) is 0 Å². The SMILES string of the molecule is CC(CNC(=O)CC1CSCCN1)N(C)C.Cl.Cl. The van der Waals surface area contributed by atoms with E-state index in [2.05, 4.69) is 22.5 Å². The van der Waals surface area contributed by atoms with Crippen LogP contribution in [0.4, 0.5) is 0 Å². The molecule has 0 saturated carbocycles. The molecule has 1 rings (SSSR count). The first kappa shape index (κ1) is 20.6. The Balaban J connectivity index is 0. The van der Waals surface area contributed by atoms with Crippen LogP contribution in [0.3, 0.4) is 0 Å². The van der Waals surface area contributed by atoms with Gasteiger partial charge in [0.2, 0.25) is 5.91 Å². The molecule has 0 spiro atoms. The van der Waals surface area contributed by atoms with Crippen molar-refractivity contribution >= 4 is 42.5 Å². The molecule has 0 aromatic rings. The van der Waals surface area contributed by atoms with Crippen molar-refractivity contribution in [1.29, 1.82) is 0 Å². The minimum Gasteiger partial charge on any atom is -0.354 e. The fraction of sp³-hybridized carbons (Fsp3) is 0.909. The smallest absolute Gasteiger partial charge is 0.221 e. The third kappa shape index (κ3) is 8.43. The molecule has 0 aromatic carbocycles. The van der Waals surface area contributed by atoms with Gasteiger partial charge in [-0.05, 0) is 21.0 Å². The summed E-state index contributed by atoms with van der Waals surface area (Å²) in [6.07, 6.45) is 0.604. The lowest BCUT2D eigenvalue weighted by Gasteiger charge is -2.24. The third-order valence-electron chi connectivity index (χ3n) is 2.91. The van der Waals surface area contributed by atoms with Gasteiger partial charge in [0.25, 0.3) is 0 Å². The predicted octanol–water partition coefficient (Wildman–Crippen LogP) is 0.991. The van der Waals surface area contributed by atoms with E-state index in [4.69, 9.17) is 0 Å². The van der Waals surface area contributed by atoms with Gasteiger partial charge in [-0.15, -0.1) is 24.8 Å². The zero-order chi connectivity index (χ0) is 12.0. The van der Waals surface area contributed by atoms with Crippen LogP contribution >= 0.6 is 36.6 Å². The Labute approximate surface area is 127 Å². The van der Waals surface area contributed by atoms with Gasteiger partial charge < -0.3 is 15.5 Å². The highest BCUT2D eigenvalue weighted by molar-refractivity contribution is 7.99. The monoisotopic (exact) mass is 317 g/mol. The van der Waals surface area contributed by atoms with Crippen LogP contribution in [0.15, 0.2) is 0 Å². The minimum atomic E-state index is 0. The second-order valence-electron chi connectivity index (χ2n) is 4.55. The van der Waals surface area contributed by atoms with Crippen LogP contribution in [-0.4, -0.2) is 61.6 Å². The van der Waals surface area contributed by atoms with Crippen molar-refractivity contribution in [1.82, 2.24) is 15.5 Å². The molecule has 2 N–H and O–H groups in total. The molecule has 1 aliphatic rings. The highest BCUT2D eigenvalue weighted by atomic mass is 35.5. The van der Waals surface area contributed by atoms with E-state index < -0.39 is 0 Å². The van der Waals surface area contributed by atoms with Crippen molar-refractivity contribution < 1.29 is 4.79 Å². The number of likely N-dealkylation sites (N-methyl/N-ethyl adjacent to an activating group) is 1. The molecule has 4 nitrogen and oxygen atoms in total. The average Bonchev–Trinajstić information content (AvgIpc) is 2.27.